The van der Waals surface area contributed by atoms with Gasteiger partial charge in [-0.05, 0) is 59.1 Å². The molecule has 0 radical (unpaired) electrons. The van der Waals surface area contributed by atoms with E-state index in [1.807, 2.05) is 48.5 Å². The summed E-state index contributed by atoms with van der Waals surface area (Å²) in [6.07, 6.45) is 0.835. The van der Waals surface area contributed by atoms with Crippen molar-refractivity contribution in [3.05, 3.63) is 63.6 Å². The topological polar surface area (TPSA) is 38.0 Å². The smallest absolute Gasteiger partial charge is 0.0508 e. The van der Waals surface area contributed by atoms with Crippen molar-refractivity contribution in [1.82, 2.24) is 0 Å². The van der Waals surface area contributed by atoms with Crippen LogP contribution in [0, 0.1) is 0 Å². The Balaban J connectivity index is 2.17. The molecule has 20 heavy (non-hydrogen) atoms. The highest BCUT2D eigenvalue weighted by Crippen LogP contribution is 2.26. The van der Waals surface area contributed by atoms with Crippen molar-refractivity contribution in [2.45, 2.75) is 18.9 Å². The predicted molar refractivity (Wildman–Crippen MR) is 90.4 cm³/mol. The van der Waals surface area contributed by atoms with Crippen LogP contribution in [0.1, 0.15) is 12.5 Å². The van der Waals surface area contributed by atoms with Gasteiger partial charge in [0, 0.05) is 21.7 Å². The molecule has 3 N–H and O–H groups in total. The van der Waals surface area contributed by atoms with E-state index in [1.54, 1.807) is 0 Å². The fourth-order valence-electron chi connectivity index (χ4n) is 2.11. The molecule has 1 unspecified atom stereocenters. The molecule has 0 fully saturated rings. The van der Waals surface area contributed by atoms with Gasteiger partial charge in [-0.25, -0.2) is 0 Å². The molecule has 0 heterocycles. The number of para-hydroxylation sites is 1. The summed E-state index contributed by atoms with van der Waals surface area (Å²) in [6.45, 7) is 2.66. The Kier molecular flexibility index (Phi) is 5.08. The molecule has 0 aliphatic carbocycles. The highest BCUT2D eigenvalue weighted by atomic mass is 79.9. The van der Waals surface area contributed by atoms with Crippen molar-refractivity contribution in [3.8, 4) is 0 Å². The van der Waals surface area contributed by atoms with E-state index in [0.717, 1.165) is 21.6 Å². The van der Waals surface area contributed by atoms with Gasteiger partial charge in [0.25, 0.3) is 0 Å². The van der Waals surface area contributed by atoms with E-state index in [1.165, 1.54) is 5.56 Å². The molecular weight excluding hydrogens is 336 g/mol. The third kappa shape index (κ3) is 3.98. The maximum atomic E-state index is 5.98. The highest BCUT2D eigenvalue weighted by Gasteiger charge is 2.23. The summed E-state index contributed by atoms with van der Waals surface area (Å²) >= 11 is 9.47. The first-order valence-corrected chi connectivity index (χ1v) is 7.67. The lowest BCUT2D eigenvalue weighted by Crippen LogP contribution is -2.44. The maximum absolute atomic E-state index is 5.98. The van der Waals surface area contributed by atoms with Crippen LogP contribution in [0.25, 0.3) is 0 Å². The zero-order valence-electron chi connectivity index (χ0n) is 11.4. The zero-order valence-corrected chi connectivity index (χ0v) is 13.7. The van der Waals surface area contributed by atoms with Crippen LogP contribution in [0.15, 0.2) is 53.0 Å². The summed E-state index contributed by atoms with van der Waals surface area (Å²) in [7, 11) is 0. The first-order chi connectivity index (χ1) is 9.52. The Hall–Kier alpha value is -1.03. The second-order valence-electron chi connectivity index (χ2n) is 5.17. The number of nitrogens with two attached hydrogens (primary N) is 1. The van der Waals surface area contributed by atoms with E-state index in [2.05, 4.69) is 28.2 Å². The average molecular weight is 354 g/mol. The fraction of sp³-hybridized carbons (Fsp3) is 0.250. The van der Waals surface area contributed by atoms with Gasteiger partial charge in [-0.3, -0.25) is 0 Å². The van der Waals surface area contributed by atoms with Crippen LogP contribution in [0.3, 0.4) is 0 Å². The molecule has 0 aliphatic heterocycles. The monoisotopic (exact) mass is 352 g/mol. The molecule has 106 valence electrons. The standard InChI is InChI=1S/C16H18BrClN2/c1-16(11-19,10-12-6-8-13(18)9-7-12)20-15-5-3-2-4-14(15)17/h2-9,20H,10-11,19H2,1H3. The van der Waals surface area contributed by atoms with Crippen LogP contribution in [-0.2, 0) is 6.42 Å². The molecule has 0 saturated carbocycles. The predicted octanol–water partition coefficient (Wildman–Crippen LogP) is 4.47. The fourth-order valence-corrected chi connectivity index (χ4v) is 2.62. The van der Waals surface area contributed by atoms with Crippen LogP contribution >= 0.6 is 27.5 Å². The second kappa shape index (κ2) is 6.61. The Labute approximate surface area is 133 Å². The molecule has 0 aliphatic rings. The lowest BCUT2D eigenvalue weighted by atomic mass is 9.92. The molecule has 0 amide bonds. The lowest BCUT2D eigenvalue weighted by molar-refractivity contribution is 0.520. The molecule has 0 bridgehead atoms. The molecule has 2 rings (SSSR count). The third-order valence-corrected chi connectivity index (χ3v) is 4.21. The van der Waals surface area contributed by atoms with Crippen LogP contribution in [-0.4, -0.2) is 12.1 Å². The molecule has 4 heteroatoms. The van der Waals surface area contributed by atoms with Gasteiger partial charge in [-0.15, -0.1) is 0 Å². The molecule has 2 aromatic rings. The van der Waals surface area contributed by atoms with Crippen molar-refractivity contribution in [1.29, 1.82) is 0 Å². The highest BCUT2D eigenvalue weighted by molar-refractivity contribution is 9.10. The van der Waals surface area contributed by atoms with Crippen LogP contribution in [0.4, 0.5) is 5.69 Å². The van der Waals surface area contributed by atoms with Gasteiger partial charge >= 0.3 is 0 Å². The van der Waals surface area contributed by atoms with Crippen LogP contribution < -0.4 is 11.1 Å². The number of benzene rings is 2. The average Bonchev–Trinajstić information content (AvgIpc) is 2.44. The van der Waals surface area contributed by atoms with Gasteiger partial charge in [-0.2, -0.15) is 0 Å². The number of anilines is 1. The molecule has 2 nitrogen and oxygen atoms in total. The summed E-state index contributed by atoms with van der Waals surface area (Å²) in [5.41, 5.74) is 8.03. The molecule has 0 saturated heterocycles. The molecule has 2 aromatic carbocycles. The lowest BCUT2D eigenvalue weighted by Gasteiger charge is -2.31. The SMILES string of the molecule is CC(CN)(Cc1ccc(Cl)cc1)Nc1ccccc1Br. The van der Waals surface area contributed by atoms with Crippen LogP contribution in [0.2, 0.25) is 5.02 Å². The van der Waals surface area contributed by atoms with E-state index >= 15 is 0 Å². The van der Waals surface area contributed by atoms with Crippen molar-refractivity contribution in [2.75, 3.05) is 11.9 Å². The Bertz CT molecular complexity index is 571. The van der Waals surface area contributed by atoms with Crippen molar-refractivity contribution in [2.24, 2.45) is 5.73 Å². The quantitative estimate of drug-likeness (QED) is 0.832. The molecular formula is C16H18BrClN2. The van der Waals surface area contributed by atoms with E-state index in [4.69, 9.17) is 17.3 Å². The van der Waals surface area contributed by atoms with Gasteiger partial charge in [-0.1, -0.05) is 35.9 Å². The van der Waals surface area contributed by atoms with Crippen molar-refractivity contribution < 1.29 is 0 Å². The summed E-state index contributed by atoms with van der Waals surface area (Å²) in [5, 5.41) is 4.28. The normalized spacial score (nSPS) is 13.8. The number of rotatable bonds is 5. The Morgan fingerprint density at radius 2 is 1.80 bits per heavy atom. The summed E-state index contributed by atoms with van der Waals surface area (Å²) in [6, 6.07) is 16.0. The summed E-state index contributed by atoms with van der Waals surface area (Å²) in [4.78, 5) is 0. The first kappa shape index (κ1) is 15.4. The van der Waals surface area contributed by atoms with Gasteiger partial charge < -0.3 is 11.1 Å². The van der Waals surface area contributed by atoms with Gasteiger partial charge in [0.05, 0.1) is 5.54 Å². The van der Waals surface area contributed by atoms with E-state index < -0.39 is 0 Å². The van der Waals surface area contributed by atoms with Gasteiger partial charge in [0.1, 0.15) is 0 Å². The van der Waals surface area contributed by atoms with E-state index in [0.29, 0.717) is 6.54 Å². The molecule has 1 atom stereocenters. The first-order valence-electron chi connectivity index (χ1n) is 6.50. The third-order valence-electron chi connectivity index (χ3n) is 3.27. The van der Waals surface area contributed by atoms with Crippen molar-refractivity contribution in [3.63, 3.8) is 0 Å². The molecule has 0 aromatic heterocycles. The molecule has 0 spiro atoms. The zero-order chi connectivity index (χ0) is 14.6. The number of halogens is 2. The number of hydrogen-bond donors (Lipinski definition) is 2. The maximum Gasteiger partial charge on any atom is 0.0508 e. The number of hydrogen-bond acceptors (Lipinski definition) is 2. The second-order valence-corrected chi connectivity index (χ2v) is 6.46. The minimum absolute atomic E-state index is 0.211. The summed E-state index contributed by atoms with van der Waals surface area (Å²) < 4.78 is 1.04. The van der Waals surface area contributed by atoms with E-state index in [-0.39, 0.29) is 5.54 Å². The largest absolute Gasteiger partial charge is 0.377 e. The summed E-state index contributed by atoms with van der Waals surface area (Å²) in [5.74, 6) is 0. The van der Waals surface area contributed by atoms with Gasteiger partial charge in [0.15, 0.2) is 0 Å². The Morgan fingerprint density at radius 1 is 1.15 bits per heavy atom. The minimum Gasteiger partial charge on any atom is -0.377 e. The Morgan fingerprint density at radius 3 is 2.40 bits per heavy atom. The number of nitrogens with one attached hydrogen (secondary N) is 1. The van der Waals surface area contributed by atoms with Crippen LogP contribution in [0.5, 0.6) is 0 Å². The minimum atomic E-state index is -0.211. The van der Waals surface area contributed by atoms with Crippen molar-refractivity contribution >= 4 is 33.2 Å². The van der Waals surface area contributed by atoms with Gasteiger partial charge in [0.2, 0.25) is 0 Å². The van der Waals surface area contributed by atoms with E-state index in [9.17, 15) is 0 Å².